The molecular formula is C20H24N4O5. The summed E-state index contributed by atoms with van der Waals surface area (Å²) in [7, 11) is 0. The Labute approximate surface area is 168 Å². The van der Waals surface area contributed by atoms with E-state index in [2.05, 4.69) is 12.2 Å². The highest BCUT2D eigenvalue weighted by atomic mass is 16.6. The van der Waals surface area contributed by atoms with Crippen LogP contribution in [0.3, 0.4) is 0 Å². The first-order valence-electron chi connectivity index (χ1n) is 10.0. The number of rotatable bonds is 3. The van der Waals surface area contributed by atoms with Crippen molar-refractivity contribution in [1.29, 1.82) is 0 Å². The van der Waals surface area contributed by atoms with Gasteiger partial charge in [0.05, 0.1) is 11.0 Å². The number of piperidine rings is 1. The van der Waals surface area contributed by atoms with Crippen LogP contribution in [0, 0.1) is 21.4 Å². The SMILES string of the molecule is CCCN1C(=O)NC(=O)[C@]2(Cc3cc([N+](=O)[O-])ccc3N3CC[C@H](C)C[C@H]32)C1=O. The molecule has 3 aliphatic rings. The predicted octanol–water partition coefficient (Wildman–Crippen LogP) is 2.23. The van der Waals surface area contributed by atoms with Crippen LogP contribution < -0.4 is 10.2 Å². The zero-order valence-electron chi connectivity index (χ0n) is 16.5. The minimum Gasteiger partial charge on any atom is -0.367 e. The second-order valence-corrected chi connectivity index (χ2v) is 8.27. The summed E-state index contributed by atoms with van der Waals surface area (Å²) in [6, 6.07) is 3.55. The Kier molecular flexibility index (Phi) is 4.55. The molecule has 0 aliphatic carbocycles. The standard InChI is InChI=1S/C20H24N4O5/c1-3-7-23-18(26)20(17(25)21-19(23)27)11-13-10-14(24(28)29)4-5-15(13)22-8-6-12(2)9-16(20)22/h4-5,10,12,16H,3,6-9,11H2,1-2H3,(H,21,25,27)/t12-,16-,20+/m0/s1. The van der Waals surface area contributed by atoms with E-state index < -0.39 is 28.2 Å². The van der Waals surface area contributed by atoms with E-state index in [9.17, 15) is 24.5 Å². The molecule has 0 bridgehead atoms. The van der Waals surface area contributed by atoms with Crippen LogP contribution >= 0.6 is 0 Å². The molecule has 3 heterocycles. The Morgan fingerprint density at radius 3 is 2.76 bits per heavy atom. The summed E-state index contributed by atoms with van der Waals surface area (Å²) in [6.45, 7) is 4.83. The minimum atomic E-state index is -1.46. The topological polar surface area (TPSA) is 113 Å². The fourth-order valence-corrected chi connectivity index (χ4v) is 5.01. The average molecular weight is 400 g/mol. The number of barbiturate groups is 1. The molecule has 9 heteroatoms. The summed E-state index contributed by atoms with van der Waals surface area (Å²) in [6.07, 6.45) is 2.17. The summed E-state index contributed by atoms with van der Waals surface area (Å²) in [5.74, 6) is -0.763. The van der Waals surface area contributed by atoms with E-state index in [0.29, 0.717) is 30.9 Å². The van der Waals surface area contributed by atoms with E-state index in [0.717, 1.165) is 17.0 Å². The van der Waals surface area contributed by atoms with Crippen molar-refractivity contribution in [3.8, 4) is 0 Å². The maximum absolute atomic E-state index is 13.6. The normalized spacial score (nSPS) is 28.8. The summed E-state index contributed by atoms with van der Waals surface area (Å²) >= 11 is 0. The first kappa shape index (κ1) is 19.4. The number of amides is 4. The summed E-state index contributed by atoms with van der Waals surface area (Å²) in [5.41, 5.74) is -0.107. The van der Waals surface area contributed by atoms with Gasteiger partial charge in [-0.15, -0.1) is 0 Å². The predicted molar refractivity (Wildman–Crippen MR) is 104 cm³/mol. The van der Waals surface area contributed by atoms with E-state index in [1.807, 2.05) is 11.8 Å². The summed E-state index contributed by atoms with van der Waals surface area (Å²) in [4.78, 5) is 53.1. The average Bonchev–Trinajstić information content (AvgIpc) is 2.68. The van der Waals surface area contributed by atoms with E-state index in [4.69, 9.17) is 0 Å². The fraction of sp³-hybridized carbons (Fsp3) is 0.550. The third-order valence-corrected chi connectivity index (χ3v) is 6.43. The molecule has 1 aromatic rings. The van der Waals surface area contributed by atoms with Gasteiger partial charge >= 0.3 is 6.03 Å². The summed E-state index contributed by atoms with van der Waals surface area (Å²) < 4.78 is 0. The van der Waals surface area contributed by atoms with Crippen LogP contribution in [-0.4, -0.2) is 46.8 Å². The minimum absolute atomic E-state index is 0.0516. The van der Waals surface area contributed by atoms with Crippen LogP contribution in [0.1, 0.15) is 38.7 Å². The van der Waals surface area contributed by atoms with Crippen LogP contribution in [0.2, 0.25) is 0 Å². The van der Waals surface area contributed by atoms with Crippen molar-refractivity contribution >= 4 is 29.2 Å². The molecule has 1 aromatic carbocycles. The number of carbonyl (C=O) groups excluding carboxylic acids is 3. The Morgan fingerprint density at radius 2 is 2.07 bits per heavy atom. The van der Waals surface area contributed by atoms with Gasteiger partial charge < -0.3 is 4.90 Å². The van der Waals surface area contributed by atoms with Gasteiger partial charge in [0.2, 0.25) is 11.8 Å². The molecule has 9 nitrogen and oxygen atoms in total. The number of fused-ring (bicyclic) bond motifs is 4. The Bertz CT molecular complexity index is 916. The highest BCUT2D eigenvalue weighted by Gasteiger charge is 2.62. The van der Waals surface area contributed by atoms with Gasteiger partial charge in [-0.05, 0) is 36.8 Å². The van der Waals surface area contributed by atoms with Gasteiger partial charge in [-0.25, -0.2) is 4.79 Å². The van der Waals surface area contributed by atoms with Crippen LogP contribution in [-0.2, 0) is 16.0 Å². The first-order valence-corrected chi connectivity index (χ1v) is 10.0. The van der Waals surface area contributed by atoms with Crippen molar-refractivity contribution in [1.82, 2.24) is 10.2 Å². The van der Waals surface area contributed by atoms with Gasteiger partial charge in [0, 0.05) is 37.3 Å². The molecule has 2 saturated heterocycles. The number of nitro groups is 1. The number of urea groups is 1. The first-order chi connectivity index (χ1) is 13.8. The van der Waals surface area contributed by atoms with Crippen molar-refractivity contribution < 1.29 is 19.3 Å². The number of nitro benzene ring substituents is 1. The van der Waals surface area contributed by atoms with Gasteiger partial charge in [-0.2, -0.15) is 0 Å². The number of hydrogen-bond acceptors (Lipinski definition) is 6. The highest BCUT2D eigenvalue weighted by molar-refractivity contribution is 6.20. The number of benzene rings is 1. The maximum Gasteiger partial charge on any atom is 0.330 e. The van der Waals surface area contributed by atoms with E-state index >= 15 is 0 Å². The molecule has 3 aliphatic heterocycles. The number of imide groups is 2. The van der Waals surface area contributed by atoms with E-state index in [1.54, 1.807) is 6.07 Å². The van der Waals surface area contributed by atoms with Gasteiger partial charge in [0.25, 0.3) is 5.69 Å². The Hall–Kier alpha value is -2.97. The second kappa shape index (κ2) is 6.82. The van der Waals surface area contributed by atoms with Gasteiger partial charge in [-0.1, -0.05) is 13.8 Å². The molecule has 4 amide bonds. The molecule has 29 heavy (non-hydrogen) atoms. The lowest BCUT2D eigenvalue weighted by Crippen LogP contribution is -2.73. The number of nitrogens with zero attached hydrogens (tertiary/aromatic N) is 3. The molecule has 154 valence electrons. The fourth-order valence-electron chi connectivity index (χ4n) is 5.01. The van der Waals surface area contributed by atoms with Crippen LogP contribution in [0.4, 0.5) is 16.2 Å². The molecule has 4 rings (SSSR count). The molecule has 1 N–H and O–H groups in total. The summed E-state index contributed by atoms with van der Waals surface area (Å²) in [5, 5.41) is 13.7. The zero-order chi connectivity index (χ0) is 20.9. The van der Waals surface area contributed by atoms with E-state index in [1.165, 1.54) is 12.1 Å². The maximum atomic E-state index is 13.6. The number of hydrogen-bond donors (Lipinski definition) is 1. The molecule has 2 fully saturated rings. The number of carbonyl (C=O) groups is 3. The quantitative estimate of drug-likeness (QED) is 0.473. The number of nitrogens with one attached hydrogen (secondary N) is 1. The second-order valence-electron chi connectivity index (χ2n) is 8.27. The van der Waals surface area contributed by atoms with Crippen LogP contribution in [0.25, 0.3) is 0 Å². The third kappa shape index (κ3) is 2.79. The molecular weight excluding hydrogens is 376 g/mol. The van der Waals surface area contributed by atoms with Crippen LogP contribution in [0.5, 0.6) is 0 Å². The van der Waals surface area contributed by atoms with Gasteiger partial charge in [-0.3, -0.25) is 29.9 Å². The van der Waals surface area contributed by atoms with Crippen molar-refractivity contribution in [3.63, 3.8) is 0 Å². The number of anilines is 1. The van der Waals surface area contributed by atoms with Gasteiger partial charge in [0.1, 0.15) is 0 Å². The highest BCUT2D eigenvalue weighted by Crippen LogP contribution is 2.49. The smallest absolute Gasteiger partial charge is 0.330 e. The third-order valence-electron chi connectivity index (χ3n) is 6.43. The van der Waals surface area contributed by atoms with Crippen LogP contribution in [0.15, 0.2) is 18.2 Å². The van der Waals surface area contributed by atoms with Crippen molar-refractivity contribution in [2.24, 2.45) is 11.3 Å². The molecule has 1 spiro atoms. The largest absolute Gasteiger partial charge is 0.367 e. The van der Waals surface area contributed by atoms with Gasteiger partial charge in [0.15, 0.2) is 5.41 Å². The molecule has 0 aromatic heterocycles. The number of non-ortho nitro benzene ring substituents is 1. The molecule has 0 saturated carbocycles. The molecule has 3 atom stereocenters. The lowest BCUT2D eigenvalue weighted by molar-refractivity contribution is -0.384. The Balaban J connectivity index is 1.88. The molecule has 0 radical (unpaired) electrons. The van der Waals surface area contributed by atoms with Crippen molar-refractivity contribution in [2.75, 3.05) is 18.0 Å². The molecule has 0 unspecified atom stereocenters. The van der Waals surface area contributed by atoms with Crippen molar-refractivity contribution in [3.05, 3.63) is 33.9 Å². The zero-order valence-corrected chi connectivity index (χ0v) is 16.5. The lowest BCUT2D eigenvalue weighted by Gasteiger charge is -2.54. The monoisotopic (exact) mass is 400 g/mol. The van der Waals surface area contributed by atoms with Crippen molar-refractivity contribution in [2.45, 2.75) is 45.6 Å². The lowest BCUT2D eigenvalue weighted by atomic mass is 9.65. The van der Waals surface area contributed by atoms with E-state index in [-0.39, 0.29) is 24.7 Å². The Morgan fingerprint density at radius 1 is 1.31 bits per heavy atom.